The lowest BCUT2D eigenvalue weighted by atomic mass is 9.96. The molecule has 4 nitrogen and oxygen atoms in total. The lowest BCUT2D eigenvalue weighted by Gasteiger charge is -2.16. The van der Waals surface area contributed by atoms with E-state index >= 15 is 0 Å². The number of carboxylic acids is 1. The lowest BCUT2D eigenvalue weighted by Crippen LogP contribution is -2.09. The molecule has 0 aliphatic carbocycles. The molecule has 4 N–H and O–H groups in total. The first-order valence-corrected chi connectivity index (χ1v) is 5.91. The van der Waals surface area contributed by atoms with Gasteiger partial charge in [-0.25, -0.2) is 0 Å². The van der Waals surface area contributed by atoms with Crippen LogP contribution in [0.1, 0.15) is 22.8 Å². The lowest BCUT2D eigenvalue weighted by molar-refractivity contribution is -0.136. The van der Waals surface area contributed by atoms with Gasteiger partial charge in [0.25, 0.3) is 0 Å². The summed E-state index contributed by atoms with van der Waals surface area (Å²) in [7, 11) is 0. The van der Waals surface area contributed by atoms with Gasteiger partial charge in [-0.05, 0) is 11.1 Å². The molecule has 0 saturated heterocycles. The molecule has 0 saturated carbocycles. The number of aliphatic hydroxyl groups is 1. The maximum atomic E-state index is 10.8. The third-order valence-electron chi connectivity index (χ3n) is 2.98. The van der Waals surface area contributed by atoms with Crippen molar-refractivity contribution in [2.75, 3.05) is 5.73 Å². The normalized spacial score (nSPS) is 12.1. The molecule has 0 spiro atoms. The minimum absolute atomic E-state index is 0.152. The molecule has 19 heavy (non-hydrogen) atoms. The predicted octanol–water partition coefficient (Wildman–Crippen LogP) is 1.98. The minimum Gasteiger partial charge on any atom is -0.481 e. The van der Waals surface area contributed by atoms with Crippen LogP contribution in [-0.2, 0) is 11.2 Å². The Morgan fingerprint density at radius 1 is 1.11 bits per heavy atom. The SMILES string of the molecule is Nc1c(CC(=O)O)cccc1[C@H](O)c1ccccc1. The van der Waals surface area contributed by atoms with Crippen LogP contribution in [0.2, 0.25) is 0 Å². The van der Waals surface area contributed by atoms with Crippen molar-refractivity contribution in [1.29, 1.82) is 0 Å². The second-order valence-electron chi connectivity index (χ2n) is 4.30. The molecular weight excluding hydrogens is 242 g/mol. The number of rotatable bonds is 4. The van der Waals surface area contributed by atoms with Crippen molar-refractivity contribution >= 4 is 11.7 Å². The highest BCUT2D eigenvalue weighted by Crippen LogP contribution is 2.29. The monoisotopic (exact) mass is 257 g/mol. The van der Waals surface area contributed by atoms with Gasteiger partial charge >= 0.3 is 5.97 Å². The van der Waals surface area contributed by atoms with E-state index in [0.717, 1.165) is 5.56 Å². The molecule has 0 amide bonds. The van der Waals surface area contributed by atoms with Crippen molar-refractivity contribution in [1.82, 2.24) is 0 Å². The Labute approximate surface area is 111 Å². The van der Waals surface area contributed by atoms with Gasteiger partial charge in [0, 0.05) is 11.3 Å². The Balaban J connectivity index is 2.37. The van der Waals surface area contributed by atoms with E-state index in [1.807, 2.05) is 18.2 Å². The molecule has 98 valence electrons. The predicted molar refractivity (Wildman–Crippen MR) is 72.7 cm³/mol. The van der Waals surface area contributed by atoms with Crippen molar-refractivity contribution < 1.29 is 15.0 Å². The highest BCUT2D eigenvalue weighted by molar-refractivity contribution is 5.74. The largest absolute Gasteiger partial charge is 0.481 e. The summed E-state index contributed by atoms with van der Waals surface area (Å²) in [5.74, 6) is -0.946. The van der Waals surface area contributed by atoms with Crippen molar-refractivity contribution in [2.45, 2.75) is 12.5 Å². The summed E-state index contributed by atoms with van der Waals surface area (Å²) in [5, 5.41) is 19.1. The summed E-state index contributed by atoms with van der Waals surface area (Å²) in [6, 6.07) is 14.2. The summed E-state index contributed by atoms with van der Waals surface area (Å²) in [6.07, 6.45) is -1.00. The molecule has 0 aliphatic rings. The summed E-state index contributed by atoms with van der Waals surface area (Å²) < 4.78 is 0. The second-order valence-corrected chi connectivity index (χ2v) is 4.30. The van der Waals surface area contributed by atoms with Crippen LogP contribution in [-0.4, -0.2) is 16.2 Å². The Kier molecular flexibility index (Phi) is 3.82. The first-order valence-electron chi connectivity index (χ1n) is 5.91. The fraction of sp³-hybridized carbons (Fsp3) is 0.133. The van der Waals surface area contributed by atoms with Crippen LogP contribution >= 0.6 is 0 Å². The highest BCUT2D eigenvalue weighted by Gasteiger charge is 2.16. The number of carbonyl (C=O) groups is 1. The number of anilines is 1. The maximum Gasteiger partial charge on any atom is 0.307 e. The second kappa shape index (κ2) is 5.54. The molecule has 1 atom stereocenters. The molecule has 0 heterocycles. The number of aliphatic carboxylic acids is 1. The first kappa shape index (κ1) is 13.1. The summed E-state index contributed by atoms with van der Waals surface area (Å²) in [6.45, 7) is 0. The Morgan fingerprint density at radius 2 is 1.79 bits per heavy atom. The van der Waals surface area contributed by atoms with Gasteiger partial charge in [0.05, 0.1) is 6.42 Å². The van der Waals surface area contributed by atoms with Gasteiger partial charge in [0.2, 0.25) is 0 Å². The van der Waals surface area contributed by atoms with Crippen molar-refractivity contribution in [3.05, 3.63) is 65.2 Å². The van der Waals surface area contributed by atoms with E-state index in [4.69, 9.17) is 10.8 Å². The maximum absolute atomic E-state index is 10.8. The van der Waals surface area contributed by atoms with E-state index in [1.165, 1.54) is 0 Å². The number of carboxylic acid groups (broad SMARTS) is 1. The van der Waals surface area contributed by atoms with Crippen LogP contribution in [0.4, 0.5) is 5.69 Å². The number of benzene rings is 2. The van der Waals surface area contributed by atoms with Crippen LogP contribution in [0.25, 0.3) is 0 Å². The van der Waals surface area contributed by atoms with Crippen molar-refractivity contribution in [3.8, 4) is 0 Å². The number of nitrogens with two attached hydrogens (primary N) is 1. The molecule has 4 heteroatoms. The van der Waals surface area contributed by atoms with Gasteiger partial charge in [-0.1, -0.05) is 48.5 Å². The van der Waals surface area contributed by atoms with Gasteiger partial charge < -0.3 is 15.9 Å². The summed E-state index contributed by atoms with van der Waals surface area (Å²) in [5.41, 5.74) is 8.05. The number of hydrogen-bond donors (Lipinski definition) is 3. The molecule has 0 fully saturated rings. The number of aliphatic hydroxyl groups excluding tert-OH is 1. The molecular formula is C15H15NO3. The van der Waals surface area contributed by atoms with E-state index in [-0.39, 0.29) is 6.42 Å². The fourth-order valence-electron chi connectivity index (χ4n) is 2.00. The zero-order chi connectivity index (χ0) is 13.8. The van der Waals surface area contributed by atoms with Crippen molar-refractivity contribution in [3.63, 3.8) is 0 Å². The Hall–Kier alpha value is -2.33. The quantitative estimate of drug-likeness (QED) is 0.731. The molecule has 2 rings (SSSR count). The third-order valence-corrected chi connectivity index (χ3v) is 2.98. The summed E-state index contributed by atoms with van der Waals surface area (Å²) >= 11 is 0. The standard InChI is InChI=1S/C15H15NO3/c16-14-11(9-13(17)18)7-4-8-12(14)15(19)10-5-2-1-3-6-10/h1-8,15,19H,9,16H2,(H,17,18)/t15-/m1/s1. The molecule has 0 radical (unpaired) electrons. The molecule has 0 unspecified atom stereocenters. The molecule has 2 aromatic rings. The average Bonchev–Trinajstić information content (AvgIpc) is 2.41. The van der Waals surface area contributed by atoms with Gasteiger partial charge in [-0.3, -0.25) is 4.79 Å². The van der Waals surface area contributed by atoms with Crippen molar-refractivity contribution in [2.24, 2.45) is 0 Å². The molecule has 2 aromatic carbocycles. The van der Waals surface area contributed by atoms with E-state index in [9.17, 15) is 9.90 Å². The zero-order valence-corrected chi connectivity index (χ0v) is 10.3. The van der Waals surface area contributed by atoms with Crippen LogP contribution in [0.3, 0.4) is 0 Å². The van der Waals surface area contributed by atoms with Gasteiger partial charge in [0.15, 0.2) is 0 Å². The fourth-order valence-corrected chi connectivity index (χ4v) is 2.00. The number of nitrogen functional groups attached to an aromatic ring is 1. The third kappa shape index (κ3) is 2.92. The van der Waals surface area contributed by atoms with E-state index in [2.05, 4.69) is 0 Å². The van der Waals surface area contributed by atoms with Crippen LogP contribution in [0, 0.1) is 0 Å². The Bertz CT molecular complexity index is 581. The van der Waals surface area contributed by atoms with Crippen LogP contribution < -0.4 is 5.73 Å². The van der Waals surface area contributed by atoms with E-state index in [0.29, 0.717) is 16.8 Å². The Morgan fingerprint density at radius 3 is 2.42 bits per heavy atom. The van der Waals surface area contributed by atoms with E-state index < -0.39 is 12.1 Å². The molecule has 0 aliphatic heterocycles. The van der Waals surface area contributed by atoms with E-state index in [1.54, 1.807) is 30.3 Å². The topological polar surface area (TPSA) is 83.6 Å². The van der Waals surface area contributed by atoms with Crippen LogP contribution in [0.5, 0.6) is 0 Å². The first-order chi connectivity index (χ1) is 9.09. The number of hydrogen-bond acceptors (Lipinski definition) is 3. The van der Waals surface area contributed by atoms with Gasteiger partial charge in [-0.15, -0.1) is 0 Å². The molecule has 0 aromatic heterocycles. The summed E-state index contributed by atoms with van der Waals surface area (Å²) in [4.78, 5) is 10.8. The van der Waals surface area contributed by atoms with Gasteiger partial charge in [-0.2, -0.15) is 0 Å². The highest BCUT2D eigenvalue weighted by atomic mass is 16.4. The molecule has 0 bridgehead atoms. The number of para-hydroxylation sites is 1. The minimum atomic E-state index is -0.946. The van der Waals surface area contributed by atoms with Gasteiger partial charge in [0.1, 0.15) is 6.10 Å². The van der Waals surface area contributed by atoms with Crippen LogP contribution in [0.15, 0.2) is 48.5 Å². The zero-order valence-electron chi connectivity index (χ0n) is 10.3. The average molecular weight is 257 g/mol. The smallest absolute Gasteiger partial charge is 0.307 e.